The number of carboxylic acids is 1. The summed E-state index contributed by atoms with van der Waals surface area (Å²) in [4.78, 5) is 31.8. The standard InChI is InChI=1S/C21H29N5O3/c1-4-26(13-20(27)28)16-10-15(11-16)23-21(29)22-12-14-9-19(25(2)3)24-18-8-6-5-7-17(14)18/h5-9,15-16H,4,10-13H2,1-3H3,(H,27,28)(H2,22,23,29). The molecule has 0 atom stereocenters. The Kier molecular flexibility index (Phi) is 6.53. The summed E-state index contributed by atoms with van der Waals surface area (Å²) in [6, 6.07) is 9.98. The molecule has 8 nitrogen and oxygen atoms in total. The van der Waals surface area contributed by atoms with Crippen LogP contribution in [0.1, 0.15) is 25.3 Å². The van der Waals surface area contributed by atoms with Crippen LogP contribution in [0.3, 0.4) is 0 Å². The molecular formula is C21H29N5O3. The Morgan fingerprint density at radius 2 is 1.97 bits per heavy atom. The number of aromatic nitrogens is 1. The van der Waals surface area contributed by atoms with Gasteiger partial charge in [-0.15, -0.1) is 0 Å². The van der Waals surface area contributed by atoms with E-state index in [9.17, 15) is 9.59 Å². The summed E-state index contributed by atoms with van der Waals surface area (Å²) in [7, 11) is 3.88. The van der Waals surface area contributed by atoms with E-state index in [4.69, 9.17) is 5.11 Å². The van der Waals surface area contributed by atoms with Gasteiger partial charge in [-0.05, 0) is 37.1 Å². The van der Waals surface area contributed by atoms with Gasteiger partial charge < -0.3 is 20.6 Å². The quantitative estimate of drug-likeness (QED) is 0.628. The Balaban J connectivity index is 1.55. The molecule has 1 aromatic heterocycles. The third-order valence-corrected chi connectivity index (χ3v) is 5.40. The van der Waals surface area contributed by atoms with Crippen molar-refractivity contribution in [2.24, 2.45) is 0 Å². The summed E-state index contributed by atoms with van der Waals surface area (Å²) in [5.41, 5.74) is 1.91. The molecule has 29 heavy (non-hydrogen) atoms. The molecule has 0 saturated heterocycles. The summed E-state index contributed by atoms with van der Waals surface area (Å²) >= 11 is 0. The Morgan fingerprint density at radius 3 is 2.62 bits per heavy atom. The molecule has 8 heteroatoms. The second-order valence-electron chi connectivity index (χ2n) is 7.66. The minimum atomic E-state index is -0.817. The second kappa shape index (κ2) is 9.09. The summed E-state index contributed by atoms with van der Waals surface area (Å²) in [6.45, 7) is 3.10. The van der Waals surface area contributed by atoms with Gasteiger partial charge in [-0.25, -0.2) is 9.78 Å². The highest BCUT2D eigenvalue weighted by Crippen LogP contribution is 2.26. The van der Waals surface area contributed by atoms with Crippen LogP contribution in [0.15, 0.2) is 30.3 Å². The first-order valence-corrected chi connectivity index (χ1v) is 9.93. The first kappa shape index (κ1) is 20.9. The van der Waals surface area contributed by atoms with Gasteiger partial charge in [0.05, 0.1) is 12.1 Å². The van der Waals surface area contributed by atoms with Crippen LogP contribution < -0.4 is 15.5 Å². The third-order valence-electron chi connectivity index (χ3n) is 5.40. The van der Waals surface area contributed by atoms with Gasteiger partial charge in [0.15, 0.2) is 0 Å². The fourth-order valence-electron chi connectivity index (χ4n) is 3.70. The van der Waals surface area contributed by atoms with Crippen LogP contribution in [0.2, 0.25) is 0 Å². The fraction of sp³-hybridized carbons (Fsp3) is 0.476. The summed E-state index contributed by atoms with van der Waals surface area (Å²) in [5.74, 6) is 0.0310. The van der Waals surface area contributed by atoms with Gasteiger partial charge in [-0.1, -0.05) is 25.1 Å². The van der Waals surface area contributed by atoms with Crippen molar-refractivity contribution in [1.29, 1.82) is 0 Å². The van der Waals surface area contributed by atoms with E-state index < -0.39 is 5.97 Å². The van der Waals surface area contributed by atoms with Crippen molar-refractivity contribution >= 4 is 28.7 Å². The van der Waals surface area contributed by atoms with Gasteiger partial charge in [0.25, 0.3) is 0 Å². The number of carboxylic acid groups (broad SMARTS) is 1. The maximum absolute atomic E-state index is 12.3. The van der Waals surface area contributed by atoms with E-state index in [1.54, 1.807) is 0 Å². The number of benzene rings is 1. The van der Waals surface area contributed by atoms with Crippen molar-refractivity contribution < 1.29 is 14.7 Å². The zero-order valence-electron chi connectivity index (χ0n) is 17.2. The maximum Gasteiger partial charge on any atom is 0.317 e. The number of fused-ring (bicyclic) bond motifs is 1. The first-order valence-electron chi connectivity index (χ1n) is 9.93. The third kappa shape index (κ3) is 5.14. The maximum atomic E-state index is 12.3. The Morgan fingerprint density at radius 1 is 1.24 bits per heavy atom. The number of hydrogen-bond acceptors (Lipinski definition) is 5. The largest absolute Gasteiger partial charge is 0.480 e. The summed E-state index contributed by atoms with van der Waals surface area (Å²) in [6.07, 6.45) is 1.55. The van der Waals surface area contributed by atoms with E-state index in [0.29, 0.717) is 13.1 Å². The Hall–Kier alpha value is -2.87. The Labute approximate surface area is 170 Å². The molecule has 3 N–H and O–H groups in total. The highest BCUT2D eigenvalue weighted by molar-refractivity contribution is 5.84. The van der Waals surface area contributed by atoms with Gasteiger partial charge >= 0.3 is 12.0 Å². The normalized spacial score (nSPS) is 18.3. The number of carbonyl (C=O) groups is 2. The molecule has 0 unspecified atom stereocenters. The lowest BCUT2D eigenvalue weighted by Crippen LogP contribution is -2.56. The van der Waals surface area contributed by atoms with E-state index in [2.05, 4.69) is 15.6 Å². The van der Waals surface area contributed by atoms with Crippen LogP contribution >= 0.6 is 0 Å². The van der Waals surface area contributed by atoms with Gasteiger partial charge in [-0.3, -0.25) is 9.69 Å². The number of para-hydroxylation sites is 1. The molecule has 1 saturated carbocycles. The average Bonchev–Trinajstić information content (AvgIpc) is 2.66. The number of anilines is 1. The van der Waals surface area contributed by atoms with Crippen molar-refractivity contribution in [3.05, 3.63) is 35.9 Å². The number of rotatable bonds is 8. The zero-order chi connectivity index (χ0) is 21.0. The number of urea groups is 1. The first-order chi connectivity index (χ1) is 13.9. The van der Waals surface area contributed by atoms with Crippen molar-refractivity contribution in [3.8, 4) is 0 Å². The van der Waals surface area contributed by atoms with Gasteiger partial charge in [0.1, 0.15) is 5.82 Å². The second-order valence-corrected chi connectivity index (χ2v) is 7.66. The minimum Gasteiger partial charge on any atom is -0.480 e. The molecule has 1 heterocycles. The lowest BCUT2D eigenvalue weighted by Gasteiger charge is -2.42. The molecule has 3 rings (SSSR count). The molecular weight excluding hydrogens is 370 g/mol. The Bertz CT molecular complexity index is 880. The number of nitrogens with one attached hydrogen (secondary N) is 2. The zero-order valence-corrected chi connectivity index (χ0v) is 17.2. The van der Waals surface area contributed by atoms with E-state index in [1.165, 1.54) is 0 Å². The lowest BCUT2D eigenvalue weighted by molar-refractivity contribution is -0.139. The number of carbonyl (C=O) groups excluding carboxylic acids is 1. The number of likely N-dealkylation sites (N-methyl/N-ethyl adjacent to an activating group) is 1. The smallest absolute Gasteiger partial charge is 0.317 e. The van der Waals surface area contributed by atoms with Crippen molar-refractivity contribution in [2.45, 2.75) is 38.4 Å². The number of hydrogen-bond donors (Lipinski definition) is 3. The molecule has 1 aromatic carbocycles. The molecule has 2 aromatic rings. The molecule has 2 amide bonds. The van der Waals surface area contributed by atoms with Crippen LogP contribution in [0, 0.1) is 0 Å². The lowest BCUT2D eigenvalue weighted by atomic mass is 9.85. The molecule has 0 radical (unpaired) electrons. The van der Waals surface area contributed by atoms with Crippen LogP contribution in [0.4, 0.5) is 10.6 Å². The highest BCUT2D eigenvalue weighted by atomic mass is 16.4. The van der Waals surface area contributed by atoms with Crippen LogP contribution in [0.25, 0.3) is 10.9 Å². The number of aliphatic carboxylic acids is 1. The average molecular weight is 399 g/mol. The molecule has 1 aliphatic carbocycles. The molecule has 0 spiro atoms. The van der Waals surface area contributed by atoms with Gasteiger partial charge in [0.2, 0.25) is 0 Å². The monoisotopic (exact) mass is 399 g/mol. The predicted octanol–water partition coefficient (Wildman–Crippen LogP) is 2.04. The number of pyridine rings is 1. The molecule has 1 aliphatic rings. The van der Waals surface area contributed by atoms with E-state index in [1.807, 2.05) is 61.2 Å². The van der Waals surface area contributed by atoms with Crippen molar-refractivity contribution in [3.63, 3.8) is 0 Å². The molecule has 0 bridgehead atoms. The topological polar surface area (TPSA) is 97.8 Å². The molecule has 1 fully saturated rings. The van der Waals surface area contributed by atoms with E-state index in [0.717, 1.165) is 35.1 Å². The SMILES string of the molecule is CCN(CC(=O)O)C1CC(NC(=O)NCc2cc(N(C)C)nc3ccccc23)C1. The van der Waals surface area contributed by atoms with Crippen molar-refractivity contribution in [1.82, 2.24) is 20.5 Å². The van der Waals surface area contributed by atoms with E-state index in [-0.39, 0.29) is 24.7 Å². The highest BCUT2D eigenvalue weighted by Gasteiger charge is 2.34. The predicted molar refractivity (Wildman–Crippen MR) is 113 cm³/mol. The summed E-state index contributed by atoms with van der Waals surface area (Å²) < 4.78 is 0. The van der Waals surface area contributed by atoms with Crippen LogP contribution in [0.5, 0.6) is 0 Å². The van der Waals surface area contributed by atoms with Gasteiger partial charge in [0, 0.05) is 38.1 Å². The molecule has 0 aliphatic heterocycles. The van der Waals surface area contributed by atoms with Crippen molar-refractivity contribution in [2.75, 3.05) is 32.1 Å². The number of nitrogens with zero attached hydrogens (tertiary/aromatic N) is 3. The summed E-state index contributed by atoms with van der Waals surface area (Å²) in [5, 5.41) is 15.9. The minimum absolute atomic E-state index is 0.0450. The van der Waals surface area contributed by atoms with Crippen LogP contribution in [-0.2, 0) is 11.3 Å². The van der Waals surface area contributed by atoms with Gasteiger partial charge in [-0.2, -0.15) is 0 Å². The molecule has 156 valence electrons. The van der Waals surface area contributed by atoms with E-state index >= 15 is 0 Å². The van der Waals surface area contributed by atoms with Crippen LogP contribution in [-0.4, -0.2) is 66.3 Å². The number of amides is 2. The fourth-order valence-corrected chi connectivity index (χ4v) is 3.70.